The van der Waals surface area contributed by atoms with E-state index < -0.39 is 0 Å². The summed E-state index contributed by atoms with van der Waals surface area (Å²) < 4.78 is 16.3. The highest BCUT2D eigenvalue weighted by Crippen LogP contribution is 2.36. The van der Waals surface area contributed by atoms with E-state index in [1.807, 2.05) is 30.3 Å². The van der Waals surface area contributed by atoms with Crippen LogP contribution in [-0.4, -0.2) is 23.9 Å². The van der Waals surface area contributed by atoms with E-state index >= 15 is 0 Å². The first-order chi connectivity index (χ1) is 12.6. The maximum Gasteiger partial charge on any atom is 0.231 e. The molecular formula is C20H21N3O3. The number of ether oxygens (including phenoxy) is 3. The van der Waals surface area contributed by atoms with Crippen LogP contribution in [0.1, 0.15) is 36.8 Å². The fourth-order valence-electron chi connectivity index (χ4n) is 3.14. The number of fused-ring (bicyclic) bond motifs is 2. The highest BCUT2D eigenvalue weighted by molar-refractivity contribution is 5.95. The van der Waals surface area contributed by atoms with Crippen molar-refractivity contribution in [2.45, 2.75) is 26.2 Å². The molecule has 6 nitrogen and oxygen atoms in total. The first kappa shape index (κ1) is 16.4. The van der Waals surface area contributed by atoms with Gasteiger partial charge in [0.25, 0.3) is 0 Å². The van der Waals surface area contributed by atoms with E-state index in [0.29, 0.717) is 17.9 Å². The van der Waals surface area contributed by atoms with Gasteiger partial charge in [0.15, 0.2) is 11.5 Å². The van der Waals surface area contributed by atoms with Gasteiger partial charge in [0.1, 0.15) is 11.6 Å². The summed E-state index contributed by atoms with van der Waals surface area (Å²) in [4.78, 5) is 9.49. The SMILES string of the molecule is COc1ccc2nc(C(C)C)nc(Cc3ccc4c(c3)OCO4)c2c1N. The Bertz CT molecular complexity index is 986. The van der Waals surface area contributed by atoms with Crippen molar-refractivity contribution in [2.24, 2.45) is 0 Å². The van der Waals surface area contributed by atoms with E-state index in [0.717, 1.165) is 39.5 Å². The van der Waals surface area contributed by atoms with Crippen molar-refractivity contribution in [3.63, 3.8) is 0 Å². The number of nitrogens with two attached hydrogens (primary N) is 1. The molecule has 26 heavy (non-hydrogen) atoms. The van der Waals surface area contributed by atoms with Crippen molar-refractivity contribution < 1.29 is 14.2 Å². The number of rotatable bonds is 4. The van der Waals surface area contributed by atoms with Crippen LogP contribution in [0.15, 0.2) is 30.3 Å². The molecule has 6 heteroatoms. The third-order valence-corrected chi connectivity index (χ3v) is 4.50. The normalized spacial score (nSPS) is 12.8. The molecule has 0 saturated carbocycles. The van der Waals surface area contributed by atoms with Gasteiger partial charge in [-0.05, 0) is 29.8 Å². The lowest BCUT2D eigenvalue weighted by atomic mass is 10.0. The summed E-state index contributed by atoms with van der Waals surface area (Å²) in [6.45, 7) is 4.42. The van der Waals surface area contributed by atoms with Crippen LogP contribution in [0.5, 0.6) is 17.2 Å². The molecule has 0 saturated heterocycles. The predicted octanol–water partition coefficient (Wildman–Crippen LogP) is 3.66. The lowest BCUT2D eigenvalue weighted by Crippen LogP contribution is -2.06. The molecule has 0 unspecified atom stereocenters. The highest BCUT2D eigenvalue weighted by atomic mass is 16.7. The Hall–Kier alpha value is -3.02. The zero-order valence-corrected chi connectivity index (χ0v) is 15.1. The summed E-state index contributed by atoms with van der Waals surface area (Å²) >= 11 is 0. The van der Waals surface area contributed by atoms with Gasteiger partial charge < -0.3 is 19.9 Å². The minimum absolute atomic E-state index is 0.221. The molecule has 0 atom stereocenters. The molecule has 0 aliphatic carbocycles. The first-order valence-electron chi connectivity index (χ1n) is 8.58. The monoisotopic (exact) mass is 351 g/mol. The lowest BCUT2D eigenvalue weighted by Gasteiger charge is -2.14. The second-order valence-corrected chi connectivity index (χ2v) is 6.62. The summed E-state index contributed by atoms with van der Waals surface area (Å²) in [5.74, 6) is 3.18. The highest BCUT2D eigenvalue weighted by Gasteiger charge is 2.18. The molecule has 2 aromatic carbocycles. The van der Waals surface area contributed by atoms with Crippen LogP contribution in [0.25, 0.3) is 10.9 Å². The Balaban J connectivity index is 1.86. The molecule has 2 heterocycles. The minimum atomic E-state index is 0.221. The van der Waals surface area contributed by atoms with Gasteiger partial charge in [-0.15, -0.1) is 0 Å². The van der Waals surface area contributed by atoms with Crippen molar-refractivity contribution in [3.05, 3.63) is 47.4 Å². The number of hydrogen-bond donors (Lipinski definition) is 1. The van der Waals surface area contributed by atoms with Gasteiger partial charge in [-0.1, -0.05) is 19.9 Å². The third kappa shape index (κ3) is 2.77. The number of nitrogen functional groups attached to an aromatic ring is 1. The molecule has 4 rings (SSSR count). The Labute approximate surface area is 151 Å². The molecule has 0 amide bonds. The molecule has 1 aliphatic rings. The van der Waals surface area contributed by atoms with E-state index in [1.54, 1.807) is 7.11 Å². The number of anilines is 1. The number of nitrogens with zero attached hydrogens (tertiary/aromatic N) is 2. The van der Waals surface area contributed by atoms with Crippen LogP contribution in [0.3, 0.4) is 0 Å². The van der Waals surface area contributed by atoms with Crippen molar-refractivity contribution in [1.82, 2.24) is 9.97 Å². The first-order valence-corrected chi connectivity index (χ1v) is 8.58. The zero-order valence-electron chi connectivity index (χ0n) is 15.1. The molecule has 0 bridgehead atoms. The summed E-state index contributed by atoms with van der Waals surface area (Å²) in [5.41, 5.74) is 9.71. The van der Waals surface area contributed by atoms with Gasteiger partial charge in [-0.2, -0.15) is 0 Å². The summed E-state index contributed by atoms with van der Waals surface area (Å²) in [6, 6.07) is 9.71. The molecule has 134 valence electrons. The quantitative estimate of drug-likeness (QED) is 0.723. The van der Waals surface area contributed by atoms with Gasteiger partial charge in [0, 0.05) is 17.7 Å². The Kier molecular flexibility index (Phi) is 4.03. The number of methoxy groups -OCH3 is 1. The fraction of sp³-hybridized carbons (Fsp3) is 0.300. The molecule has 1 aromatic heterocycles. The number of hydrogen-bond acceptors (Lipinski definition) is 6. The van der Waals surface area contributed by atoms with Crippen LogP contribution in [-0.2, 0) is 6.42 Å². The molecule has 0 spiro atoms. The van der Waals surface area contributed by atoms with Crippen molar-refractivity contribution in [2.75, 3.05) is 19.6 Å². The van der Waals surface area contributed by atoms with Crippen LogP contribution in [0.2, 0.25) is 0 Å². The van der Waals surface area contributed by atoms with E-state index in [4.69, 9.17) is 24.9 Å². The third-order valence-electron chi connectivity index (χ3n) is 4.50. The largest absolute Gasteiger partial charge is 0.495 e. The van der Waals surface area contributed by atoms with Crippen molar-refractivity contribution >= 4 is 16.6 Å². The molecule has 0 fully saturated rings. The Morgan fingerprint density at radius 2 is 1.92 bits per heavy atom. The predicted molar refractivity (Wildman–Crippen MR) is 100.0 cm³/mol. The maximum atomic E-state index is 6.35. The molecule has 1 aliphatic heterocycles. The van der Waals surface area contributed by atoms with Gasteiger partial charge in [0.05, 0.1) is 24.0 Å². The van der Waals surface area contributed by atoms with Gasteiger partial charge >= 0.3 is 0 Å². The van der Waals surface area contributed by atoms with E-state index in [-0.39, 0.29) is 12.7 Å². The molecule has 2 N–H and O–H groups in total. The minimum Gasteiger partial charge on any atom is -0.495 e. The van der Waals surface area contributed by atoms with Gasteiger partial charge in [0.2, 0.25) is 6.79 Å². The average Bonchev–Trinajstić information content (AvgIpc) is 3.09. The van der Waals surface area contributed by atoms with E-state index in [9.17, 15) is 0 Å². The molecular weight excluding hydrogens is 330 g/mol. The Morgan fingerprint density at radius 3 is 2.69 bits per heavy atom. The van der Waals surface area contributed by atoms with Crippen LogP contribution < -0.4 is 19.9 Å². The smallest absolute Gasteiger partial charge is 0.231 e. The van der Waals surface area contributed by atoms with Gasteiger partial charge in [-0.25, -0.2) is 9.97 Å². The summed E-state index contributed by atoms with van der Waals surface area (Å²) in [6.07, 6.45) is 0.618. The van der Waals surface area contributed by atoms with E-state index in [1.165, 1.54) is 0 Å². The van der Waals surface area contributed by atoms with Crippen LogP contribution in [0.4, 0.5) is 5.69 Å². The maximum absolute atomic E-state index is 6.35. The Morgan fingerprint density at radius 1 is 1.12 bits per heavy atom. The van der Waals surface area contributed by atoms with Gasteiger partial charge in [-0.3, -0.25) is 0 Å². The lowest BCUT2D eigenvalue weighted by molar-refractivity contribution is 0.174. The zero-order chi connectivity index (χ0) is 18.3. The number of aromatic nitrogens is 2. The van der Waals surface area contributed by atoms with Crippen LogP contribution >= 0.6 is 0 Å². The van der Waals surface area contributed by atoms with Crippen molar-refractivity contribution in [3.8, 4) is 17.2 Å². The second kappa shape index (κ2) is 6.37. The molecule has 0 radical (unpaired) electrons. The second-order valence-electron chi connectivity index (χ2n) is 6.62. The number of benzene rings is 2. The van der Waals surface area contributed by atoms with Crippen LogP contribution in [0, 0.1) is 0 Å². The standard InChI is InChI=1S/C20H21N3O3/c1-11(2)20-22-13-5-7-16(24-3)19(21)18(13)14(23-20)8-12-4-6-15-17(9-12)26-10-25-15/h4-7,9,11H,8,10,21H2,1-3H3. The molecule has 3 aromatic rings. The summed E-state index contributed by atoms with van der Waals surface area (Å²) in [7, 11) is 1.61. The topological polar surface area (TPSA) is 79.5 Å². The van der Waals surface area contributed by atoms with Crippen molar-refractivity contribution in [1.29, 1.82) is 0 Å². The average molecular weight is 351 g/mol. The van der Waals surface area contributed by atoms with E-state index in [2.05, 4.69) is 18.8 Å². The summed E-state index contributed by atoms with van der Waals surface area (Å²) in [5, 5.41) is 0.839. The fourth-order valence-corrected chi connectivity index (χ4v) is 3.14.